The first-order valence-corrected chi connectivity index (χ1v) is 8.55. The second-order valence-electron chi connectivity index (χ2n) is 6.22. The van der Waals surface area contributed by atoms with Crippen molar-refractivity contribution in [3.05, 3.63) is 77.5 Å². The van der Waals surface area contributed by atoms with Crippen molar-refractivity contribution in [3.8, 4) is 5.82 Å². The Morgan fingerprint density at radius 1 is 1.32 bits per heavy atom. The lowest BCUT2D eigenvalue weighted by Crippen LogP contribution is -2.25. The number of hydrogen-bond acceptors (Lipinski definition) is 3. The summed E-state index contributed by atoms with van der Waals surface area (Å²) in [6.07, 6.45) is 7.91. The number of benzene rings is 1. The maximum atomic E-state index is 12.3. The van der Waals surface area contributed by atoms with Gasteiger partial charge in [0.15, 0.2) is 0 Å². The predicted octanol–water partition coefficient (Wildman–Crippen LogP) is 3.34. The van der Waals surface area contributed by atoms with Gasteiger partial charge < -0.3 is 5.32 Å². The molecular formula is C19H17ClN4O. The van der Waals surface area contributed by atoms with E-state index in [9.17, 15) is 4.79 Å². The predicted molar refractivity (Wildman–Crippen MR) is 95.5 cm³/mol. The number of pyridine rings is 1. The summed E-state index contributed by atoms with van der Waals surface area (Å²) in [5, 5.41) is 3.71. The molecule has 1 aromatic carbocycles. The Morgan fingerprint density at radius 3 is 2.96 bits per heavy atom. The van der Waals surface area contributed by atoms with E-state index >= 15 is 0 Å². The summed E-state index contributed by atoms with van der Waals surface area (Å²) in [6.45, 7) is 0.481. The number of halogens is 1. The van der Waals surface area contributed by atoms with Crippen LogP contribution in [0, 0.1) is 5.92 Å². The van der Waals surface area contributed by atoms with E-state index in [2.05, 4.69) is 15.3 Å². The highest BCUT2D eigenvalue weighted by atomic mass is 35.5. The monoisotopic (exact) mass is 352 g/mol. The van der Waals surface area contributed by atoms with Gasteiger partial charge >= 0.3 is 0 Å². The van der Waals surface area contributed by atoms with E-state index in [1.54, 1.807) is 18.7 Å². The van der Waals surface area contributed by atoms with Crippen LogP contribution >= 0.6 is 11.6 Å². The minimum absolute atomic E-state index is 0.0386. The molecule has 0 aliphatic heterocycles. The molecule has 1 fully saturated rings. The highest BCUT2D eigenvalue weighted by molar-refractivity contribution is 6.30. The number of aromatic nitrogens is 3. The average Bonchev–Trinajstić information content (AvgIpc) is 3.25. The molecule has 6 heteroatoms. The number of amides is 1. The number of hydrogen-bond donors (Lipinski definition) is 1. The Bertz CT molecular complexity index is 877. The third-order valence-electron chi connectivity index (χ3n) is 4.45. The van der Waals surface area contributed by atoms with E-state index < -0.39 is 0 Å². The van der Waals surface area contributed by atoms with Crippen LogP contribution in [0.2, 0.25) is 5.02 Å². The smallest absolute Gasteiger partial charge is 0.224 e. The Hall–Kier alpha value is -2.66. The lowest BCUT2D eigenvalue weighted by molar-refractivity contribution is -0.122. The highest BCUT2D eigenvalue weighted by Gasteiger charge is 2.43. The topological polar surface area (TPSA) is 59.8 Å². The van der Waals surface area contributed by atoms with Crippen molar-refractivity contribution in [2.75, 3.05) is 0 Å². The van der Waals surface area contributed by atoms with Gasteiger partial charge in [-0.2, -0.15) is 0 Å². The summed E-state index contributed by atoms with van der Waals surface area (Å²) in [6, 6.07) is 11.6. The van der Waals surface area contributed by atoms with Gasteiger partial charge in [-0.05, 0) is 41.7 Å². The summed E-state index contributed by atoms with van der Waals surface area (Å²) in [5.41, 5.74) is 2.11. The molecule has 0 saturated heterocycles. The summed E-state index contributed by atoms with van der Waals surface area (Å²) >= 11 is 6.02. The van der Waals surface area contributed by atoms with E-state index in [4.69, 9.17) is 11.6 Å². The zero-order chi connectivity index (χ0) is 17.2. The maximum absolute atomic E-state index is 12.3. The fourth-order valence-electron chi connectivity index (χ4n) is 2.98. The zero-order valence-corrected chi connectivity index (χ0v) is 14.2. The third kappa shape index (κ3) is 3.56. The number of carbonyl (C=O) groups is 1. The first-order chi connectivity index (χ1) is 12.2. The molecule has 1 amide bonds. The lowest BCUT2D eigenvalue weighted by atomic mass is 10.1. The number of carbonyl (C=O) groups excluding carboxylic acids is 1. The maximum Gasteiger partial charge on any atom is 0.224 e. The molecule has 2 atom stereocenters. The molecule has 1 saturated carbocycles. The van der Waals surface area contributed by atoms with Crippen molar-refractivity contribution in [3.63, 3.8) is 0 Å². The molecule has 0 bridgehead atoms. The van der Waals surface area contributed by atoms with Gasteiger partial charge in [0.25, 0.3) is 0 Å². The molecule has 0 radical (unpaired) electrons. The van der Waals surface area contributed by atoms with Crippen LogP contribution in [0.5, 0.6) is 0 Å². The van der Waals surface area contributed by atoms with Gasteiger partial charge in [0, 0.05) is 36.1 Å². The molecule has 0 unspecified atom stereocenters. The first kappa shape index (κ1) is 15.8. The molecule has 1 aliphatic carbocycles. The van der Waals surface area contributed by atoms with Crippen LogP contribution in [0.25, 0.3) is 5.82 Å². The number of imidazole rings is 1. The van der Waals surface area contributed by atoms with Crippen LogP contribution in [0.1, 0.15) is 23.5 Å². The van der Waals surface area contributed by atoms with Crippen molar-refractivity contribution < 1.29 is 4.79 Å². The van der Waals surface area contributed by atoms with Gasteiger partial charge in [0.05, 0.1) is 0 Å². The quantitative estimate of drug-likeness (QED) is 0.766. The highest BCUT2D eigenvalue weighted by Crippen LogP contribution is 2.47. The van der Waals surface area contributed by atoms with Crippen LogP contribution in [-0.4, -0.2) is 20.4 Å². The molecule has 3 aromatic rings. The Balaban J connectivity index is 1.32. The Labute approximate surface area is 150 Å². The minimum atomic E-state index is 0.0386. The van der Waals surface area contributed by atoms with E-state index in [-0.39, 0.29) is 17.7 Å². The standard InChI is InChI=1S/C19H17ClN4O/c20-15-3-1-2-14(8-15)16-9-17(16)19(25)23-11-13-4-5-18(22-10-13)24-7-6-21-12-24/h1-8,10,12,16-17H,9,11H2,(H,23,25)/t16-,17+/m0/s1. The summed E-state index contributed by atoms with van der Waals surface area (Å²) in [4.78, 5) is 20.7. The number of nitrogens with one attached hydrogen (secondary N) is 1. The lowest BCUT2D eigenvalue weighted by Gasteiger charge is -2.07. The van der Waals surface area contributed by atoms with Crippen molar-refractivity contribution in [1.82, 2.24) is 19.9 Å². The van der Waals surface area contributed by atoms with Crippen LogP contribution in [0.4, 0.5) is 0 Å². The fraction of sp³-hybridized carbons (Fsp3) is 0.211. The largest absolute Gasteiger partial charge is 0.352 e. The van der Waals surface area contributed by atoms with Gasteiger partial charge in [0.2, 0.25) is 5.91 Å². The summed E-state index contributed by atoms with van der Waals surface area (Å²) in [7, 11) is 0. The van der Waals surface area contributed by atoms with E-state index in [0.29, 0.717) is 11.6 Å². The zero-order valence-electron chi connectivity index (χ0n) is 13.5. The Morgan fingerprint density at radius 2 is 2.24 bits per heavy atom. The Kier molecular flexibility index (Phi) is 4.24. The van der Waals surface area contributed by atoms with Crippen molar-refractivity contribution >= 4 is 17.5 Å². The van der Waals surface area contributed by atoms with Crippen LogP contribution < -0.4 is 5.32 Å². The van der Waals surface area contributed by atoms with Gasteiger partial charge in [-0.25, -0.2) is 9.97 Å². The fourth-order valence-corrected chi connectivity index (χ4v) is 3.18. The van der Waals surface area contributed by atoms with E-state index in [0.717, 1.165) is 23.4 Å². The normalized spacial score (nSPS) is 18.8. The van der Waals surface area contributed by atoms with Crippen molar-refractivity contribution in [2.24, 2.45) is 5.92 Å². The molecule has 1 aliphatic rings. The third-order valence-corrected chi connectivity index (χ3v) is 4.68. The van der Waals surface area contributed by atoms with Crippen LogP contribution in [-0.2, 0) is 11.3 Å². The van der Waals surface area contributed by atoms with Gasteiger partial charge in [-0.15, -0.1) is 0 Å². The molecule has 0 spiro atoms. The summed E-state index contributed by atoms with van der Waals surface area (Å²) < 4.78 is 1.84. The first-order valence-electron chi connectivity index (χ1n) is 8.17. The van der Waals surface area contributed by atoms with E-state index in [1.807, 2.05) is 47.2 Å². The van der Waals surface area contributed by atoms with Gasteiger partial charge in [0.1, 0.15) is 12.1 Å². The molecule has 2 aromatic heterocycles. The SMILES string of the molecule is O=C(NCc1ccc(-n2ccnc2)nc1)[C@@H]1C[C@H]1c1cccc(Cl)c1. The minimum Gasteiger partial charge on any atom is -0.352 e. The molecule has 1 N–H and O–H groups in total. The van der Waals surface area contributed by atoms with Gasteiger partial charge in [-0.1, -0.05) is 29.8 Å². The average molecular weight is 353 g/mol. The van der Waals surface area contributed by atoms with Gasteiger partial charge in [-0.3, -0.25) is 9.36 Å². The second kappa shape index (κ2) is 6.69. The molecule has 2 heterocycles. The molecule has 126 valence electrons. The molecule has 5 nitrogen and oxygen atoms in total. The van der Waals surface area contributed by atoms with E-state index in [1.165, 1.54) is 0 Å². The second-order valence-corrected chi connectivity index (χ2v) is 6.65. The molecule has 25 heavy (non-hydrogen) atoms. The number of rotatable bonds is 5. The van der Waals surface area contributed by atoms with Crippen molar-refractivity contribution in [1.29, 1.82) is 0 Å². The summed E-state index contributed by atoms with van der Waals surface area (Å²) in [5.74, 6) is 1.21. The molecule has 4 rings (SSSR count). The molecular weight excluding hydrogens is 336 g/mol. The van der Waals surface area contributed by atoms with Crippen LogP contribution in [0.3, 0.4) is 0 Å². The number of nitrogens with zero attached hydrogens (tertiary/aromatic N) is 3. The van der Waals surface area contributed by atoms with Crippen molar-refractivity contribution in [2.45, 2.75) is 18.9 Å². The van der Waals surface area contributed by atoms with Crippen LogP contribution in [0.15, 0.2) is 61.3 Å².